The molecule has 16 nitrogen and oxygen atoms in total. The average Bonchev–Trinajstić information content (AvgIpc) is 3.83. The van der Waals surface area contributed by atoms with E-state index in [-0.39, 0.29) is 68.3 Å². The minimum atomic E-state index is -3.14. The van der Waals surface area contributed by atoms with Crippen LogP contribution in [0.1, 0.15) is 63.9 Å². The van der Waals surface area contributed by atoms with Gasteiger partial charge in [-0.2, -0.15) is 13.5 Å². The van der Waals surface area contributed by atoms with Crippen molar-refractivity contribution in [3.05, 3.63) is 79.1 Å². The summed E-state index contributed by atoms with van der Waals surface area (Å²) in [7, 11) is -3.10. The summed E-state index contributed by atoms with van der Waals surface area (Å²) in [5, 5.41) is 19.4. The van der Waals surface area contributed by atoms with Crippen molar-refractivity contribution in [2.75, 3.05) is 17.7 Å². The van der Waals surface area contributed by atoms with Gasteiger partial charge in [0.15, 0.2) is 18.9 Å². The zero-order valence-electron chi connectivity index (χ0n) is 31.6. The van der Waals surface area contributed by atoms with Crippen LogP contribution in [0.5, 0.6) is 5.75 Å². The third-order valence-corrected chi connectivity index (χ3v) is 10.5. The van der Waals surface area contributed by atoms with E-state index in [0.717, 1.165) is 50.8 Å². The Hall–Kier alpha value is -4.46. The average molecular weight is 919 g/mol. The number of hydrogen-bond donors (Lipinski definition) is 4. The number of aromatic nitrogens is 3. The molecule has 1 saturated heterocycles. The number of carboxylic acid groups (broad SMARTS) is 2. The Kier molecular flexibility index (Phi) is 17.1. The maximum Gasteiger partial charge on any atom is 0.427 e. The molecular formula is C35H39Cl3F4N5O11P. The number of cyclic esters (lactones) is 1. The number of aliphatic carboxylic acids is 2. The van der Waals surface area contributed by atoms with Crippen LogP contribution in [-0.2, 0) is 30.1 Å². The highest BCUT2D eigenvalue weighted by molar-refractivity contribution is 7.57. The van der Waals surface area contributed by atoms with Crippen LogP contribution in [0, 0.1) is 18.6 Å². The van der Waals surface area contributed by atoms with Crippen molar-refractivity contribution < 1.29 is 65.9 Å². The van der Waals surface area contributed by atoms with Crippen LogP contribution in [0.3, 0.4) is 0 Å². The lowest BCUT2D eigenvalue weighted by Crippen LogP contribution is -2.30. The van der Waals surface area contributed by atoms with Crippen LogP contribution >= 0.6 is 42.2 Å². The number of nitrogens with two attached hydrogens (primary N) is 1. The Morgan fingerprint density at radius 2 is 1.59 bits per heavy atom. The van der Waals surface area contributed by atoms with Gasteiger partial charge < -0.3 is 30.3 Å². The number of carboxylic acids is 2. The number of halogens is 7. The SMILES string of the molecule is CC(C)=C1OC(=O)N(c2cc(OC3CCCC3)c(Cl)cc2F)C1=O.CP(=O)(O)CCC(N)C(=O)O.Cc1nn(-c2cc(CC(Cl)C(=O)O)c(Cl)cc2F)c(=O)n1C(F)F. The molecule has 2 fully saturated rings. The van der Waals surface area contributed by atoms with Crippen LogP contribution < -0.4 is 21.1 Å². The quantitative estimate of drug-likeness (QED) is 0.0619. The third-order valence-electron chi connectivity index (χ3n) is 8.42. The number of nitrogens with zero attached hydrogens (tertiary/aromatic N) is 4. The number of allylic oxidation sites excluding steroid dienone is 1. The van der Waals surface area contributed by atoms with Gasteiger partial charge in [0.1, 0.15) is 34.5 Å². The first-order valence-corrected chi connectivity index (χ1v) is 20.8. The number of aryl methyl sites for hydroxylation is 1. The van der Waals surface area contributed by atoms with Crippen molar-refractivity contribution in [2.45, 2.75) is 83.4 Å². The maximum absolute atomic E-state index is 14.3. The molecule has 59 heavy (non-hydrogen) atoms. The largest absolute Gasteiger partial charge is 0.489 e. The van der Waals surface area contributed by atoms with Gasteiger partial charge in [0.2, 0.25) is 0 Å². The summed E-state index contributed by atoms with van der Waals surface area (Å²) in [6.07, 6.45) is 2.74. The zero-order valence-corrected chi connectivity index (χ0v) is 34.8. The zero-order chi connectivity index (χ0) is 44.7. The number of imide groups is 1. The van der Waals surface area contributed by atoms with E-state index in [0.29, 0.717) is 15.2 Å². The molecule has 324 valence electrons. The molecule has 1 aliphatic heterocycles. The third kappa shape index (κ3) is 13.0. The fourth-order valence-electron chi connectivity index (χ4n) is 5.39. The van der Waals surface area contributed by atoms with Crippen LogP contribution in [-0.4, -0.2) is 83.7 Å². The molecule has 5 rings (SSSR count). The molecule has 3 unspecified atom stereocenters. The van der Waals surface area contributed by atoms with E-state index < -0.39 is 72.3 Å². The number of hydrogen-bond acceptors (Lipinski definition) is 10. The Bertz CT molecular complexity index is 2220. The lowest BCUT2D eigenvalue weighted by atomic mass is 10.1. The summed E-state index contributed by atoms with van der Waals surface area (Å²) in [6, 6.07) is 3.18. The Labute approximate surface area is 348 Å². The molecule has 1 aromatic heterocycles. The number of anilines is 1. The fraction of sp³-hybridized carbons (Fsp3) is 0.429. The monoisotopic (exact) mass is 917 g/mol. The highest BCUT2D eigenvalue weighted by Crippen LogP contribution is 2.38. The summed E-state index contributed by atoms with van der Waals surface area (Å²) in [5.41, 5.74) is 3.86. The van der Waals surface area contributed by atoms with Crippen molar-refractivity contribution in [3.63, 3.8) is 0 Å². The summed E-state index contributed by atoms with van der Waals surface area (Å²) in [6.45, 7) is 2.48. The number of carbonyl (C=O) groups is 4. The summed E-state index contributed by atoms with van der Waals surface area (Å²) in [4.78, 5) is 66.7. The molecule has 1 aliphatic carbocycles. The van der Waals surface area contributed by atoms with Gasteiger partial charge >= 0.3 is 36.2 Å². The van der Waals surface area contributed by atoms with Crippen molar-refractivity contribution in [1.29, 1.82) is 0 Å². The molecule has 3 aromatic rings. The minimum absolute atomic E-state index is 0.00962. The van der Waals surface area contributed by atoms with Crippen LogP contribution in [0.25, 0.3) is 5.69 Å². The first kappa shape index (κ1) is 48.9. The highest BCUT2D eigenvalue weighted by atomic mass is 35.5. The summed E-state index contributed by atoms with van der Waals surface area (Å²) < 4.78 is 76.0. The van der Waals surface area contributed by atoms with Gasteiger partial charge in [0.25, 0.3) is 0 Å². The molecule has 2 aromatic carbocycles. The van der Waals surface area contributed by atoms with Gasteiger partial charge in [0, 0.05) is 30.3 Å². The van der Waals surface area contributed by atoms with Gasteiger partial charge in [-0.1, -0.05) is 23.2 Å². The first-order valence-electron chi connectivity index (χ1n) is 17.3. The lowest BCUT2D eigenvalue weighted by Gasteiger charge is -2.18. The molecule has 2 aliphatic rings. The molecular weight excluding hydrogens is 880 g/mol. The minimum Gasteiger partial charge on any atom is -0.489 e. The van der Waals surface area contributed by atoms with Gasteiger partial charge in [-0.3, -0.25) is 18.9 Å². The summed E-state index contributed by atoms with van der Waals surface area (Å²) in [5.74, 6) is -5.07. The van der Waals surface area contributed by atoms with Crippen LogP contribution in [0.15, 0.2) is 40.4 Å². The second-order valence-corrected chi connectivity index (χ2v) is 17.3. The number of benzene rings is 2. The van der Waals surface area contributed by atoms with E-state index in [1.54, 1.807) is 13.8 Å². The standard InChI is InChI=1S/C17H17ClFNO4.C13H10Cl2F3N3O3.C5H12NO4P/c1-9(2)15-16(21)20(17(22)24-15)13-8-14(11(18)7-12(13)19)23-10-5-3-4-6-10;1-5-19-21(13(24)20(5)12(17)18)10-3-6(2-8(15)11(22)23)7(14)4-9(10)16;1-11(9,10)3-2-4(6)5(7)8/h7-8,10H,3-6H2,1-2H3;3-4,8,12H,2H2,1H3,(H,22,23);4H,2-3,6H2,1H3,(H,7,8)(H,9,10). The first-order chi connectivity index (χ1) is 27.3. The van der Waals surface area contributed by atoms with Crippen molar-refractivity contribution in [3.8, 4) is 11.4 Å². The van der Waals surface area contributed by atoms with E-state index in [1.165, 1.54) is 12.7 Å². The number of alkyl halides is 3. The normalized spacial score (nSPS) is 16.1. The Morgan fingerprint density at radius 3 is 2.08 bits per heavy atom. The van der Waals surface area contributed by atoms with Gasteiger partial charge in [-0.25, -0.2) is 27.8 Å². The molecule has 0 spiro atoms. The molecule has 5 N–H and O–H groups in total. The lowest BCUT2D eigenvalue weighted by molar-refractivity contribution is -0.138. The second-order valence-electron chi connectivity index (χ2n) is 13.4. The Balaban J connectivity index is 0.000000254. The van der Waals surface area contributed by atoms with Crippen molar-refractivity contribution in [1.82, 2.24) is 14.3 Å². The second kappa shape index (κ2) is 20.7. The van der Waals surface area contributed by atoms with Crippen LogP contribution in [0.4, 0.5) is 28.0 Å². The molecule has 0 bridgehead atoms. The van der Waals surface area contributed by atoms with Gasteiger partial charge in [-0.15, -0.1) is 16.7 Å². The maximum atomic E-state index is 14.3. The summed E-state index contributed by atoms with van der Waals surface area (Å²) >= 11 is 17.5. The van der Waals surface area contributed by atoms with Crippen molar-refractivity contribution in [2.24, 2.45) is 5.73 Å². The smallest absolute Gasteiger partial charge is 0.427 e. The predicted molar refractivity (Wildman–Crippen MR) is 207 cm³/mol. The van der Waals surface area contributed by atoms with E-state index >= 15 is 0 Å². The fourth-order valence-corrected chi connectivity index (χ4v) is 6.74. The Morgan fingerprint density at radius 1 is 1.02 bits per heavy atom. The molecule has 0 radical (unpaired) electrons. The number of rotatable bonds is 12. The van der Waals surface area contributed by atoms with Gasteiger partial charge in [0.05, 0.1) is 16.8 Å². The molecule has 2 heterocycles. The highest BCUT2D eigenvalue weighted by Gasteiger charge is 2.40. The van der Waals surface area contributed by atoms with Crippen LogP contribution in [0.2, 0.25) is 10.0 Å². The van der Waals surface area contributed by atoms with E-state index in [2.05, 4.69) is 5.10 Å². The number of carbonyl (C=O) groups excluding carboxylic acids is 2. The number of ether oxygens (including phenoxy) is 2. The van der Waals surface area contributed by atoms with Gasteiger partial charge in [-0.05, 0) is 82.2 Å². The molecule has 24 heteroatoms. The van der Waals surface area contributed by atoms with Crippen molar-refractivity contribution >= 4 is 71.8 Å². The number of amides is 2. The molecule has 3 atom stereocenters. The van der Waals surface area contributed by atoms with E-state index in [1.807, 2.05) is 0 Å². The predicted octanol–water partition coefficient (Wildman–Crippen LogP) is 7.03. The topological polar surface area (TPSA) is 234 Å². The molecule has 2 amide bonds. The van der Waals surface area contributed by atoms with E-state index in [9.17, 15) is 46.1 Å². The van der Waals surface area contributed by atoms with E-state index in [4.69, 9.17) is 65.1 Å². The molecule has 1 saturated carbocycles.